The molecule has 0 atom stereocenters. The molecule has 0 aliphatic carbocycles. The van der Waals surface area contributed by atoms with Crippen LogP contribution in [-0.4, -0.2) is 67.0 Å². The second kappa shape index (κ2) is 7.35. The first kappa shape index (κ1) is 19.5. The number of hydrogen-bond donors (Lipinski definition) is 0. The zero-order valence-electron chi connectivity index (χ0n) is 16.2. The standard InChI is InChI=1S/C20H25F3N4OS/c21-20(22,23)8-15-7-16-17(24-13-25-18(16)29-15)27-11-19(12-27)3-4-26(10-19)9-14-1-5-28-6-2-14/h7,13-14H,1-6,8-12H2. The fourth-order valence-electron chi connectivity index (χ4n) is 5.08. The highest BCUT2D eigenvalue weighted by atomic mass is 32.1. The van der Waals surface area contributed by atoms with Gasteiger partial charge in [0.15, 0.2) is 0 Å². The second-order valence-electron chi connectivity index (χ2n) is 8.82. The van der Waals surface area contributed by atoms with E-state index in [4.69, 9.17) is 4.74 Å². The van der Waals surface area contributed by atoms with Gasteiger partial charge in [-0.3, -0.25) is 0 Å². The summed E-state index contributed by atoms with van der Waals surface area (Å²) in [5.41, 5.74) is 0.299. The monoisotopic (exact) mass is 426 g/mol. The van der Waals surface area contributed by atoms with Crippen molar-refractivity contribution in [2.45, 2.75) is 31.9 Å². The highest BCUT2D eigenvalue weighted by molar-refractivity contribution is 7.18. The minimum Gasteiger partial charge on any atom is -0.381 e. The number of hydrogen-bond acceptors (Lipinski definition) is 6. The molecule has 2 aromatic heterocycles. The first-order chi connectivity index (χ1) is 13.9. The normalized spacial score (nSPS) is 23.2. The summed E-state index contributed by atoms with van der Waals surface area (Å²) < 4.78 is 43.7. The van der Waals surface area contributed by atoms with Crippen molar-refractivity contribution in [3.8, 4) is 0 Å². The lowest BCUT2D eigenvalue weighted by Gasteiger charge is -2.49. The summed E-state index contributed by atoms with van der Waals surface area (Å²) in [5, 5.41) is 0.753. The molecule has 9 heteroatoms. The van der Waals surface area contributed by atoms with Gasteiger partial charge in [0, 0.05) is 49.7 Å². The number of thiophene rings is 1. The van der Waals surface area contributed by atoms with Crippen LogP contribution in [0.2, 0.25) is 0 Å². The molecular formula is C20H25F3N4OS. The largest absolute Gasteiger partial charge is 0.393 e. The third kappa shape index (κ3) is 4.09. The number of anilines is 1. The molecule has 0 unspecified atom stereocenters. The molecule has 3 aliphatic heterocycles. The van der Waals surface area contributed by atoms with E-state index in [1.54, 1.807) is 6.07 Å². The van der Waals surface area contributed by atoms with Crippen LogP contribution in [0, 0.1) is 11.3 Å². The minimum absolute atomic E-state index is 0.299. The van der Waals surface area contributed by atoms with Gasteiger partial charge in [0.05, 0.1) is 11.8 Å². The van der Waals surface area contributed by atoms with Gasteiger partial charge in [0.1, 0.15) is 17.0 Å². The van der Waals surface area contributed by atoms with E-state index >= 15 is 0 Å². The maximum atomic E-state index is 12.8. The Labute approximate surface area is 171 Å². The van der Waals surface area contributed by atoms with Crippen molar-refractivity contribution in [1.82, 2.24) is 14.9 Å². The van der Waals surface area contributed by atoms with Gasteiger partial charge in [-0.2, -0.15) is 13.2 Å². The summed E-state index contributed by atoms with van der Waals surface area (Å²) in [4.78, 5) is 14.4. The summed E-state index contributed by atoms with van der Waals surface area (Å²) in [6.45, 7) is 7.03. The number of aromatic nitrogens is 2. The molecule has 3 aliphatic rings. The van der Waals surface area contributed by atoms with Crippen LogP contribution in [0.3, 0.4) is 0 Å². The van der Waals surface area contributed by atoms with E-state index < -0.39 is 12.6 Å². The fourth-order valence-corrected chi connectivity index (χ4v) is 6.10. The molecule has 0 amide bonds. The molecule has 3 saturated heterocycles. The SMILES string of the molecule is FC(F)(F)Cc1cc2c(N3CC4(CCN(CC5CCOCC5)C4)C3)ncnc2s1. The van der Waals surface area contributed by atoms with Crippen molar-refractivity contribution in [3.05, 3.63) is 17.3 Å². The van der Waals surface area contributed by atoms with Gasteiger partial charge >= 0.3 is 6.18 Å². The molecule has 5 rings (SSSR count). The van der Waals surface area contributed by atoms with Crippen LogP contribution in [0.15, 0.2) is 12.4 Å². The lowest BCUT2D eigenvalue weighted by molar-refractivity contribution is -0.126. The highest BCUT2D eigenvalue weighted by Crippen LogP contribution is 2.44. The first-order valence-corrected chi connectivity index (χ1v) is 11.1. The highest BCUT2D eigenvalue weighted by Gasteiger charge is 2.48. The van der Waals surface area contributed by atoms with E-state index in [0.29, 0.717) is 15.1 Å². The Kier molecular flexibility index (Phi) is 4.95. The number of nitrogens with zero attached hydrogens (tertiary/aromatic N) is 4. The maximum Gasteiger partial charge on any atom is 0.393 e. The summed E-state index contributed by atoms with van der Waals surface area (Å²) in [5.74, 6) is 1.53. The van der Waals surface area contributed by atoms with Gasteiger partial charge in [-0.15, -0.1) is 11.3 Å². The van der Waals surface area contributed by atoms with E-state index in [2.05, 4.69) is 19.8 Å². The van der Waals surface area contributed by atoms with Crippen LogP contribution in [0.25, 0.3) is 10.2 Å². The Bertz CT molecular complexity index is 874. The van der Waals surface area contributed by atoms with Gasteiger partial charge in [0.25, 0.3) is 0 Å². The van der Waals surface area contributed by atoms with Gasteiger partial charge in [-0.05, 0) is 37.8 Å². The molecule has 1 spiro atoms. The molecule has 5 heterocycles. The Hall–Kier alpha value is -1.45. The van der Waals surface area contributed by atoms with Crippen LogP contribution in [0.5, 0.6) is 0 Å². The van der Waals surface area contributed by atoms with E-state index in [1.807, 2.05) is 0 Å². The minimum atomic E-state index is -4.20. The van der Waals surface area contributed by atoms with Crippen LogP contribution in [0.4, 0.5) is 19.0 Å². The van der Waals surface area contributed by atoms with Crippen LogP contribution in [0.1, 0.15) is 24.1 Å². The number of likely N-dealkylation sites (tertiary alicyclic amines) is 1. The Morgan fingerprint density at radius 1 is 1.17 bits per heavy atom. The molecule has 0 bridgehead atoms. The van der Waals surface area contributed by atoms with Crippen LogP contribution in [-0.2, 0) is 11.2 Å². The quantitative estimate of drug-likeness (QED) is 0.745. The van der Waals surface area contributed by atoms with Gasteiger partial charge in [-0.25, -0.2) is 9.97 Å². The number of fused-ring (bicyclic) bond motifs is 1. The number of ether oxygens (including phenoxy) is 1. The summed E-state index contributed by atoms with van der Waals surface area (Å²) in [7, 11) is 0. The average molecular weight is 427 g/mol. The fraction of sp³-hybridized carbons (Fsp3) is 0.700. The van der Waals surface area contributed by atoms with E-state index in [1.165, 1.54) is 12.7 Å². The number of rotatable bonds is 4. The third-order valence-electron chi connectivity index (χ3n) is 6.46. The van der Waals surface area contributed by atoms with Crippen molar-refractivity contribution in [3.63, 3.8) is 0 Å². The number of halogens is 3. The predicted molar refractivity (Wildman–Crippen MR) is 106 cm³/mol. The van der Waals surface area contributed by atoms with E-state index in [0.717, 1.165) is 87.2 Å². The molecule has 0 N–H and O–H groups in total. The Morgan fingerprint density at radius 3 is 2.72 bits per heavy atom. The average Bonchev–Trinajstić information content (AvgIpc) is 3.23. The van der Waals surface area contributed by atoms with Crippen LogP contribution < -0.4 is 4.90 Å². The summed E-state index contributed by atoms with van der Waals surface area (Å²) >= 11 is 1.12. The Balaban J connectivity index is 1.24. The summed E-state index contributed by atoms with van der Waals surface area (Å²) in [6, 6.07) is 1.62. The second-order valence-corrected chi connectivity index (χ2v) is 9.93. The summed E-state index contributed by atoms with van der Waals surface area (Å²) in [6.07, 6.45) is -0.127. The van der Waals surface area contributed by atoms with Crippen molar-refractivity contribution in [1.29, 1.82) is 0 Å². The van der Waals surface area contributed by atoms with E-state index in [9.17, 15) is 13.2 Å². The zero-order valence-corrected chi connectivity index (χ0v) is 17.1. The van der Waals surface area contributed by atoms with Gasteiger partial charge in [-0.1, -0.05) is 0 Å². The molecule has 0 saturated carbocycles. The smallest absolute Gasteiger partial charge is 0.381 e. The van der Waals surface area contributed by atoms with Gasteiger partial charge in [0.2, 0.25) is 0 Å². The molecule has 5 nitrogen and oxygen atoms in total. The lowest BCUT2D eigenvalue weighted by Crippen LogP contribution is -2.58. The molecule has 158 valence electrons. The van der Waals surface area contributed by atoms with Gasteiger partial charge < -0.3 is 14.5 Å². The Morgan fingerprint density at radius 2 is 1.97 bits per heavy atom. The van der Waals surface area contributed by atoms with Crippen LogP contribution >= 0.6 is 11.3 Å². The molecule has 3 fully saturated rings. The number of alkyl halides is 3. The van der Waals surface area contributed by atoms with Crippen molar-refractivity contribution in [2.24, 2.45) is 11.3 Å². The first-order valence-electron chi connectivity index (χ1n) is 10.2. The molecule has 29 heavy (non-hydrogen) atoms. The van der Waals surface area contributed by atoms with Crippen molar-refractivity contribution < 1.29 is 17.9 Å². The molecule has 0 aromatic carbocycles. The predicted octanol–water partition coefficient (Wildman–Crippen LogP) is 3.73. The molecular weight excluding hydrogens is 401 g/mol. The topological polar surface area (TPSA) is 41.5 Å². The molecule has 0 radical (unpaired) electrons. The van der Waals surface area contributed by atoms with Crippen molar-refractivity contribution >= 4 is 27.4 Å². The third-order valence-corrected chi connectivity index (χ3v) is 7.50. The van der Waals surface area contributed by atoms with Crippen molar-refractivity contribution in [2.75, 3.05) is 50.8 Å². The maximum absolute atomic E-state index is 12.8. The zero-order chi connectivity index (χ0) is 20.1. The van der Waals surface area contributed by atoms with E-state index in [-0.39, 0.29) is 0 Å². The molecule has 2 aromatic rings. The lowest BCUT2D eigenvalue weighted by atomic mass is 9.79.